The Hall–Kier alpha value is -2.63. The molecule has 1 aromatic carbocycles. The number of carbonyl (C=O) groups excluding carboxylic acids is 2. The molecule has 2 amide bonds. The molecule has 0 N–H and O–H groups in total. The van der Waals surface area contributed by atoms with Crippen LogP contribution in [-0.2, 0) is 16.1 Å². The molecule has 1 aliphatic carbocycles. The summed E-state index contributed by atoms with van der Waals surface area (Å²) in [6.07, 6.45) is 7.00. The Bertz CT molecular complexity index is 781. The van der Waals surface area contributed by atoms with Crippen LogP contribution in [-0.4, -0.2) is 51.0 Å². The molecule has 1 aromatic heterocycles. The van der Waals surface area contributed by atoms with Gasteiger partial charge in [-0.1, -0.05) is 12.1 Å². The lowest BCUT2D eigenvalue weighted by Crippen LogP contribution is -2.46. The van der Waals surface area contributed by atoms with Crippen molar-refractivity contribution in [1.29, 1.82) is 0 Å². The first-order valence-electron chi connectivity index (χ1n) is 9.25. The Labute approximate surface area is 153 Å². The van der Waals surface area contributed by atoms with Gasteiger partial charge < -0.3 is 9.80 Å². The van der Waals surface area contributed by atoms with Crippen LogP contribution in [0.1, 0.15) is 31.2 Å². The number of aromatic nitrogens is 2. The van der Waals surface area contributed by atoms with Crippen LogP contribution in [0, 0.1) is 5.92 Å². The minimum absolute atomic E-state index is 0.0679. The van der Waals surface area contributed by atoms with Gasteiger partial charge in [-0.2, -0.15) is 5.10 Å². The topological polar surface area (TPSA) is 58.4 Å². The molecule has 6 nitrogen and oxygen atoms in total. The second kappa shape index (κ2) is 6.94. The average Bonchev–Trinajstić information content (AvgIpc) is 3.35. The molecule has 1 saturated heterocycles. The van der Waals surface area contributed by atoms with Gasteiger partial charge in [-0.25, -0.2) is 4.68 Å². The van der Waals surface area contributed by atoms with Crippen molar-refractivity contribution in [2.24, 2.45) is 5.92 Å². The van der Waals surface area contributed by atoms with Crippen LogP contribution < -0.4 is 0 Å². The maximum atomic E-state index is 12.8. The fourth-order valence-electron chi connectivity index (χ4n) is 3.65. The molecule has 0 radical (unpaired) electrons. The van der Waals surface area contributed by atoms with Gasteiger partial charge in [0, 0.05) is 45.0 Å². The molecule has 2 fully saturated rings. The summed E-state index contributed by atoms with van der Waals surface area (Å²) in [7, 11) is 1.85. The van der Waals surface area contributed by atoms with Crippen molar-refractivity contribution in [3.05, 3.63) is 48.3 Å². The Kier molecular flexibility index (Phi) is 4.49. The van der Waals surface area contributed by atoms with E-state index in [-0.39, 0.29) is 17.7 Å². The number of carbonyl (C=O) groups is 2. The average molecular weight is 352 g/mol. The SMILES string of the molecule is CN(Cc1ccc(-n2cccn2)cc1)C(=O)[C@H]1CCC(=O)N(C2CC2)C1. The summed E-state index contributed by atoms with van der Waals surface area (Å²) < 4.78 is 1.81. The lowest BCUT2D eigenvalue weighted by molar-refractivity contribution is -0.143. The first-order chi connectivity index (χ1) is 12.6. The quantitative estimate of drug-likeness (QED) is 0.829. The van der Waals surface area contributed by atoms with Crippen LogP contribution in [0.15, 0.2) is 42.7 Å². The van der Waals surface area contributed by atoms with E-state index in [2.05, 4.69) is 5.10 Å². The number of rotatable bonds is 5. The molecule has 2 aromatic rings. The molecule has 26 heavy (non-hydrogen) atoms. The first-order valence-corrected chi connectivity index (χ1v) is 9.25. The summed E-state index contributed by atoms with van der Waals surface area (Å²) in [6.45, 7) is 1.16. The van der Waals surface area contributed by atoms with Crippen LogP contribution in [0.4, 0.5) is 0 Å². The van der Waals surface area contributed by atoms with Gasteiger partial charge in [0.25, 0.3) is 0 Å². The maximum absolute atomic E-state index is 12.8. The summed E-state index contributed by atoms with van der Waals surface area (Å²) in [5, 5.41) is 4.22. The highest BCUT2D eigenvalue weighted by atomic mass is 16.2. The fourth-order valence-corrected chi connectivity index (χ4v) is 3.65. The van der Waals surface area contributed by atoms with Crippen molar-refractivity contribution >= 4 is 11.8 Å². The smallest absolute Gasteiger partial charge is 0.227 e. The zero-order valence-electron chi connectivity index (χ0n) is 15.0. The fraction of sp³-hybridized carbons (Fsp3) is 0.450. The molecule has 136 valence electrons. The number of hydrogen-bond donors (Lipinski definition) is 0. The maximum Gasteiger partial charge on any atom is 0.227 e. The van der Waals surface area contributed by atoms with E-state index < -0.39 is 0 Å². The van der Waals surface area contributed by atoms with Crippen LogP contribution in [0.5, 0.6) is 0 Å². The Morgan fingerprint density at radius 1 is 1.23 bits per heavy atom. The van der Waals surface area contributed by atoms with Gasteiger partial charge in [0.2, 0.25) is 11.8 Å². The van der Waals surface area contributed by atoms with E-state index in [9.17, 15) is 9.59 Å². The highest BCUT2D eigenvalue weighted by Crippen LogP contribution is 2.32. The third-order valence-corrected chi connectivity index (χ3v) is 5.28. The number of amides is 2. The van der Waals surface area contributed by atoms with Crippen molar-refractivity contribution in [3.63, 3.8) is 0 Å². The highest BCUT2D eigenvalue weighted by molar-refractivity contribution is 5.84. The van der Waals surface area contributed by atoms with Crippen molar-refractivity contribution in [2.75, 3.05) is 13.6 Å². The third kappa shape index (κ3) is 3.49. The van der Waals surface area contributed by atoms with Crippen molar-refractivity contribution in [3.8, 4) is 5.69 Å². The minimum atomic E-state index is -0.0679. The molecule has 1 aliphatic heterocycles. The van der Waals surface area contributed by atoms with Crippen molar-refractivity contribution < 1.29 is 9.59 Å². The van der Waals surface area contributed by atoms with Gasteiger partial charge in [0.1, 0.15) is 0 Å². The summed E-state index contributed by atoms with van der Waals surface area (Å²) in [6, 6.07) is 10.4. The molecule has 0 spiro atoms. The van der Waals surface area contributed by atoms with E-state index in [1.165, 1.54) is 0 Å². The van der Waals surface area contributed by atoms with Gasteiger partial charge in [0.05, 0.1) is 11.6 Å². The summed E-state index contributed by atoms with van der Waals surface area (Å²) in [5.74, 6) is 0.286. The first kappa shape index (κ1) is 16.8. The van der Waals surface area contributed by atoms with E-state index >= 15 is 0 Å². The number of likely N-dealkylation sites (tertiary alicyclic amines) is 1. The van der Waals surface area contributed by atoms with Gasteiger partial charge >= 0.3 is 0 Å². The highest BCUT2D eigenvalue weighted by Gasteiger charge is 2.39. The molecule has 2 heterocycles. The van der Waals surface area contributed by atoms with E-state index in [1.54, 1.807) is 11.1 Å². The number of nitrogens with zero attached hydrogens (tertiary/aromatic N) is 4. The van der Waals surface area contributed by atoms with Gasteiger partial charge in [0.15, 0.2) is 0 Å². The number of hydrogen-bond acceptors (Lipinski definition) is 3. The predicted molar refractivity (Wildman–Crippen MR) is 97.5 cm³/mol. The normalized spacial score (nSPS) is 20.3. The summed E-state index contributed by atoms with van der Waals surface area (Å²) >= 11 is 0. The number of piperidine rings is 1. The Balaban J connectivity index is 1.37. The zero-order chi connectivity index (χ0) is 18.1. The number of benzene rings is 1. The molecule has 1 saturated carbocycles. The summed E-state index contributed by atoms with van der Waals surface area (Å²) in [4.78, 5) is 28.6. The van der Waals surface area contributed by atoms with Crippen molar-refractivity contribution in [1.82, 2.24) is 19.6 Å². The zero-order valence-corrected chi connectivity index (χ0v) is 15.0. The largest absolute Gasteiger partial charge is 0.341 e. The summed E-state index contributed by atoms with van der Waals surface area (Å²) in [5.41, 5.74) is 2.08. The molecule has 0 bridgehead atoms. The van der Waals surface area contributed by atoms with E-state index in [4.69, 9.17) is 0 Å². The molecule has 6 heteroatoms. The second-order valence-corrected chi connectivity index (χ2v) is 7.32. The molecular formula is C20H24N4O2. The Morgan fingerprint density at radius 2 is 2.00 bits per heavy atom. The second-order valence-electron chi connectivity index (χ2n) is 7.32. The Morgan fingerprint density at radius 3 is 2.65 bits per heavy atom. The molecule has 1 atom stereocenters. The van der Waals surface area contributed by atoms with Crippen LogP contribution >= 0.6 is 0 Å². The monoisotopic (exact) mass is 352 g/mol. The van der Waals surface area contributed by atoms with Crippen LogP contribution in [0.25, 0.3) is 5.69 Å². The standard InChI is InChI=1S/C20H24N4O2/c1-22(13-15-3-6-18(7-4-15)24-12-2-11-21-24)20(26)16-5-10-19(25)23(14-16)17-8-9-17/h2-4,6-7,11-12,16-17H,5,8-10,13-14H2,1H3/t16-/m0/s1. The predicted octanol–water partition coefficient (Wildman–Crippen LogP) is 2.23. The lowest BCUT2D eigenvalue weighted by atomic mass is 9.95. The van der Waals surface area contributed by atoms with Crippen molar-refractivity contribution in [2.45, 2.75) is 38.3 Å². The van der Waals surface area contributed by atoms with Crippen LogP contribution in [0.2, 0.25) is 0 Å². The molecule has 4 rings (SSSR count). The van der Waals surface area contributed by atoms with E-state index in [0.717, 1.165) is 24.1 Å². The third-order valence-electron chi connectivity index (χ3n) is 5.28. The molecule has 2 aliphatic rings. The molecule has 0 unspecified atom stereocenters. The van der Waals surface area contributed by atoms with Gasteiger partial charge in [-0.15, -0.1) is 0 Å². The van der Waals surface area contributed by atoms with Gasteiger partial charge in [-0.05, 0) is 43.0 Å². The minimum Gasteiger partial charge on any atom is -0.341 e. The lowest BCUT2D eigenvalue weighted by Gasteiger charge is -2.34. The van der Waals surface area contributed by atoms with E-state index in [0.29, 0.717) is 32.0 Å². The van der Waals surface area contributed by atoms with Gasteiger partial charge in [-0.3, -0.25) is 9.59 Å². The molecular weight excluding hydrogens is 328 g/mol. The van der Waals surface area contributed by atoms with E-state index in [1.807, 2.05) is 53.2 Å². The van der Waals surface area contributed by atoms with Crippen LogP contribution in [0.3, 0.4) is 0 Å².